The highest BCUT2D eigenvalue weighted by Crippen LogP contribution is 2.35. The van der Waals surface area contributed by atoms with Gasteiger partial charge in [-0.15, -0.1) is 0 Å². The molecule has 5 nitrogen and oxygen atoms in total. The van der Waals surface area contributed by atoms with Crippen molar-refractivity contribution in [2.45, 2.75) is 6.61 Å². The van der Waals surface area contributed by atoms with Crippen LogP contribution in [0, 0.1) is 0 Å². The number of ether oxygens (including phenoxy) is 1. The van der Waals surface area contributed by atoms with Gasteiger partial charge in [-0.3, -0.25) is 4.52 Å². The van der Waals surface area contributed by atoms with Crippen LogP contribution in [0.5, 0.6) is 0 Å². The van der Waals surface area contributed by atoms with Crippen LogP contribution in [-0.2, 0) is 20.4 Å². The Kier molecular flexibility index (Phi) is 4.94. The van der Waals surface area contributed by atoms with Gasteiger partial charge in [-0.25, -0.2) is 4.57 Å². The van der Waals surface area contributed by atoms with Gasteiger partial charge in [0.25, 0.3) is 0 Å². The molecule has 0 aliphatic heterocycles. The molecule has 0 saturated carbocycles. The molecule has 2 N–H and O–H groups in total. The van der Waals surface area contributed by atoms with Gasteiger partial charge in [-0.1, -0.05) is 30.3 Å². The predicted molar refractivity (Wildman–Crippen MR) is 54.1 cm³/mol. The van der Waals surface area contributed by atoms with Crippen LogP contribution in [0.1, 0.15) is 5.56 Å². The minimum Gasteiger partial charge on any atom is -0.374 e. The van der Waals surface area contributed by atoms with Crippen LogP contribution in [-0.4, -0.2) is 23.0 Å². The number of rotatable bonds is 6. The molecule has 0 saturated heterocycles. The predicted octanol–water partition coefficient (Wildman–Crippen LogP) is 1.31. The first-order chi connectivity index (χ1) is 7.08. The number of phosphoric acid groups is 1. The van der Waals surface area contributed by atoms with E-state index in [4.69, 9.17) is 14.5 Å². The van der Waals surface area contributed by atoms with Crippen molar-refractivity contribution in [3.63, 3.8) is 0 Å². The second kappa shape index (κ2) is 6.00. The van der Waals surface area contributed by atoms with Crippen molar-refractivity contribution in [2.75, 3.05) is 13.2 Å². The number of hydrogen-bond acceptors (Lipinski definition) is 3. The van der Waals surface area contributed by atoms with Crippen LogP contribution in [0.3, 0.4) is 0 Å². The van der Waals surface area contributed by atoms with Gasteiger partial charge in [0.1, 0.15) is 0 Å². The lowest BCUT2D eigenvalue weighted by Crippen LogP contribution is -2.02. The smallest absolute Gasteiger partial charge is 0.374 e. The average molecular weight is 232 g/mol. The molecule has 1 aromatic carbocycles. The van der Waals surface area contributed by atoms with Gasteiger partial charge in [0.2, 0.25) is 0 Å². The van der Waals surface area contributed by atoms with Crippen molar-refractivity contribution in [3.8, 4) is 0 Å². The maximum atomic E-state index is 10.3. The third kappa shape index (κ3) is 6.38. The van der Waals surface area contributed by atoms with Crippen LogP contribution < -0.4 is 0 Å². The topological polar surface area (TPSA) is 76.0 Å². The van der Waals surface area contributed by atoms with Gasteiger partial charge in [-0.2, -0.15) is 0 Å². The molecule has 84 valence electrons. The van der Waals surface area contributed by atoms with E-state index in [2.05, 4.69) is 4.52 Å². The summed E-state index contributed by atoms with van der Waals surface area (Å²) in [7, 11) is -4.36. The monoisotopic (exact) mass is 232 g/mol. The van der Waals surface area contributed by atoms with Gasteiger partial charge >= 0.3 is 7.82 Å². The van der Waals surface area contributed by atoms with E-state index < -0.39 is 7.82 Å². The molecule has 0 radical (unpaired) electrons. The normalized spacial score (nSPS) is 11.6. The SMILES string of the molecule is O=P(O)(O)OCCOCc1ccccc1. The first kappa shape index (κ1) is 12.4. The van der Waals surface area contributed by atoms with E-state index in [1.807, 2.05) is 30.3 Å². The Hall–Kier alpha value is -0.710. The fourth-order valence-electron chi connectivity index (χ4n) is 0.979. The number of hydrogen-bond donors (Lipinski definition) is 2. The Labute approximate surface area is 87.9 Å². The number of phosphoric ester groups is 1. The highest BCUT2D eigenvalue weighted by Gasteiger charge is 2.12. The molecule has 0 heterocycles. The van der Waals surface area contributed by atoms with Crippen molar-refractivity contribution >= 4 is 7.82 Å². The Balaban J connectivity index is 2.10. The molecular weight excluding hydrogens is 219 g/mol. The third-order valence-electron chi connectivity index (χ3n) is 1.60. The summed E-state index contributed by atoms with van der Waals surface area (Å²) in [5.41, 5.74) is 1.01. The molecule has 1 rings (SSSR count). The maximum absolute atomic E-state index is 10.3. The Morgan fingerprint density at radius 2 is 1.80 bits per heavy atom. The molecule has 0 unspecified atom stereocenters. The molecule has 0 spiro atoms. The molecule has 0 aliphatic rings. The number of benzene rings is 1. The van der Waals surface area contributed by atoms with E-state index in [9.17, 15) is 4.57 Å². The highest BCUT2D eigenvalue weighted by molar-refractivity contribution is 7.46. The average Bonchev–Trinajstić information content (AvgIpc) is 2.17. The fraction of sp³-hybridized carbons (Fsp3) is 0.333. The van der Waals surface area contributed by atoms with Crippen LogP contribution >= 0.6 is 7.82 Å². The molecule has 15 heavy (non-hydrogen) atoms. The lowest BCUT2D eigenvalue weighted by atomic mass is 10.2. The first-order valence-corrected chi connectivity index (χ1v) is 5.93. The summed E-state index contributed by atoms with van der Waals surface area (Å²) < 4.78 is 19.6. The van der Waals surface area contributed by atoms with Crippen molar-refractivity contribution in [1.29, 1.82) is 0 Å². The largest absolute Gasteiger partial charge is 0.469 e. The summed E-state index contributed by atoms with van der Waals surface area (Å²) in [5, 5.41) is 0. The molecule has 0 aliphatic carbocycles. The highest BCUT2D eigenvalue weighted by atomic mass is 31.2. The maximum Gasteiger partial charge on any atom is 0.469 e. The summed E-state index contributed by atoms with van der Waals surface area (Å²) in [6.07, 6.45) is 0. The fourth-order valence-corrected chi connectivity index (χ4v) is 1.29. The third-order valence-corrected chi connectivity index (χ3v) is 2.12. The van der Waals surface area contributed by atoms with E-state index in [1.54, 1.807) is 0 Å². The van der Waals surface area contributed by atoms with Crippen molar-refractivity contribution in [3.05, 3.63) is 35.9 Å². The first-order valence-electron chi connectivity index (χ1n) is 4.40. The van der Waals surface area contributed by atoms with Crippen molar-refractivity contribution in [2.24, 2.45) is 0 Å². The van der Waals surface area contributed by atoms with Crippen LogP contribution in [0.4, 0.5) is 0 Å². The molecule has 1 aromatic rings. The quantitative estimate of drug-likeness (QED) is 0.571. The van der Waals surface area contributed by atoms with Gasteiger partial charge in [0, 0.05) is 0 Å². The summed E-state index contributed by atoms with van der Waals surface area (Å²) in [6.45, 7) is 0.447. The minimum absolute atomic E-state index is 0.114. The molecule has 0 bridgehead atoms. The van der Waals surface area contributed by atoms with Crippen LogP contribution in [0.15, 0.2) is 30.3 Å². The van der Waals surface area contributed by atoms with Gasteiger partial charge in [0.15, 0.2) is 0 Å². The van der Waals surface area contributed by atoms with E-state index in [0.717, 1.165) is 5.56 Å². The zero-order valence-electron chi connectivity index (χ0n) is 8.07. The molecule has 6 heteroatoms. The van der Waals surface area contributed by atoms with Gasteiger partial charge in [0.05, 0.1) is 19.8 Å². The van der Waals surface area contributed by atoms with E-state index in [0.29, 0.717) is 6.61 Å². The Bertz CT molecular complexity index is 321. The van der Waals surface area contributed by atoms with Crippen LogP contribution in [0.2, 0.25) is 0 Å². The van der Waals surface area contributed by atoms with Crippen molar-refractivity contribution in [1.82, 2.24) is 0 Å². The summed E-state index contributed by atoms with van der Waals surface area (Å²) in [6, 6.07) is 9.50. The second-order valence-electron chi connectivity index (χ2n) is 2.86. The summed E-state index contributed by atoms with van der Waals surface area (Å²) in [5.74, 6) is 0. The molecule has 0 amide bonds. The lowest BCUT2D eigenvalue weighted by Gasteiger charge is -2.06. The Morgan fingerprint density at radius 1 is 1.13 bits per heavy atom. The summed E-state index contributed by atoms with van der Waals surface area (Å²) >= 11 is 0. The minimum atomic E-state index is -4.36. The second-order valence-corrected chi connectivity index (χ2v) is 4.10. The van der Waals surface area contributed by atoms with E-state index >= 15 is 0 Å². The van der Waals surface area contributed by atoms with E-state index in [-0.39, 0.29) is 13.2 Å². The van der Waals surface area contributed by atoms with Gasteiger partial charge in [-0.05, 0) is 5.56 Å². The van der Waals surface area contributed by atoms with Crippen LogP contribution in [0.25, 0.3) is 0 Å². The zero-order valence-corrected chi connectivity index (χ0v) is 8.97. The Morgan fingerprint density at radius 3 is 2.40 bits per heavy atom. The molecular formula is C9H13O5P. The lowest BCUT2D eigenvalue weighted by molar-refractivity contribution is 0.0761. The standard InChI is InChI=1S/C9H13O5P/c10-15(11,12)14-7-6-13-8-9-4-2-1-3-5-9/h1-5H,6-8H2,(H2,10,11,12). The molecule has 0 aromatic heterocycles. The summed E-state index contributed by atoms with van der Waals surface area (Å²) in [4.78, 5) is 16.7. The van der Waals surface area contributed by atoms with Gasteiger partial charge < -0.3 is 14.5 Å². The van der Waals surface area contributed by atoms with E-state index in [1.165, 1.54) is 0 Å². The van der Waals surface area contributed by atoms with Crippen molar-refractivity contribution < 1.29 is 23.6 Å². The molecule has 0 fully saturated rings. The zero-order chi connectivity index (χ0) is 11.1. The molecule has 0 atom stereocenters.